The first-order chi connectivity index (χ1) is 13.9. The third-order valence-electron chi connectivity index (χ3n) is 4.68. The Balaban J connectivity index is 1.90. The molecular formula is C19H21F3N2O4S2. The lowest BCUT2D eigenvalue weighted by Crippen LogP contribution is -2.37. The molecule has 6 nitrogen and oxygen atoms in total. The number of nitrogens with one attached hydrogen (secondary N) is 1. The molecule has 0 amide bonds. The van der Waals surface area contributed by atoms with E-state index in [2.05, 4.69) is 4.72 Å². The van der Waals surface area contributed by atoms with Gasteiger partial charge in [-0.15, -0.1) is 0 Å². The largest absolute Gasteiger partial charge is 0.416 e. The molecule has 0 unspecified atom stereocenters. The number of aryl methyl sites for hydroxylation is 1. The monoisotopic (exact) mass is 462 g/mol. The summed E-state index contributed by atoms with van der Waals surface area (Å²) in [5.74, 6) is 0.0103. The van der Waals surface area contributed by atoms with Crippen LogP contribution in [0.25, 0.3) is 0 Å². The van der Waals surface area contributed by atoms with E-state index in [1.807, 2.05) is 0 Å². The van der Waals surface area contributed by atoms with Crippen LogP contribution in [0.15, 0.2) is 47.4 Å². The highest BCUT2D eigenvalue weighted by molar-refractivity contribution is 7.93. The van der Waals surface area contributed by atoms with Gasteiger partial charge in [0.1, 0.15) is 0 Å². The van der Waals surface area contributed by atoms with Crippen molar-refractivity contribution in [2.24, 2.45) is 0 Å². The standard InChI is InChI=1S/C19H21F3N2O4S2/c1-2-11-29(25,26)24-10-4-5-14-12-16(8-9-18(14)24)23-30(27,28)17-7-3-6-15(13-17)19(20,21)22/h3,6-9,12-13,23H,2,4-5,10-11H2,1H3. The van der Waals surface area contributed by atoms with Crippen LogP contribution >= 0.6 is 0 Å². The number of alkyl halides is 3. The van der Waals surface area contributed by atoms with Crippen LogP contribution in [0.5, 0.6) is 0 Å². The Kier molecular flexibility index (Phi) is 6.06. The molecule has 1 N–H and O–H groups in total. The molecule has 0 bridgehead atoms. The first kappa shape index (κ1) is 22.4. The minimum absolute atomic E-state index is 0.0103. The summed E-state index contributed by atoms with van der Waals surface area (Å²) < 4.78 is 92.4. The fourth-order valence-corrected chi connectivity index (χ4v) is 6.05. The molecule has 0 atom stereocenters. The maximum absolute atomic E-state index is 12.9. The Bertz CT molecular complexity index is 1150. The SMILES string of the molecule is CCCS(=O)(=O)N1CCCc2cc(NS(=O)(=O)c3cccc(C(F)(F)F)c3)ccc21. The molecule has 1 aliphatic rings. The smallest absolute Gasteiger partial charge is 0.280 e. The molecule has 2 aromatic rings. The molecular weight excluding hydrogens is 441 g/mol. The number of anilines is 2. The normalized spacial score (nSPS) is 15.0. The molecule has 2 aromatic carbocycles. The molecule has 30 heavy (non-hydrogen) atoms. The summed E-state index contributed by atoms with van der Waals surface area (Å²) in [4.78, 5) is -0.512. The summed E-state index contributed by atoms with van der Waals surface area (Å²) in [5.41, 5.74) is 0.246. The van der Waals surface area contributed by atoms with Crippen molar-refractivity contribution < 1.29 is 30.0 Å². The van der Waals surface area contributed by atoms with E-state index < -0.39 is 36.7 Å². The molecule has 3 rings (SSSR count). The number of benzene rings is 2. The molecule has 1 heterocycles. The van der Waals surface area contributed by atoms with Crippen molar-refractivity contribution in [3.05, 3.63) is 53.6 Å². The van der Waals surface area contributed by atoms with Crippen LogP contribution in [0.2, 0.25) is 0 Å². The number of hydrogen-bond donors (Lipinski definition) is 1. The molecule has 0 aliphatic carbocycles. The summed E-state index contributed by atoms with van der Waals surface area (Å²) in [6, 6.07) is 7.92. The maximum Gasteiger partial charge on any atom is 0.416 e. The number of hydrogen-bond acceptors (Lipinski definition) is 4. The van der Waals surface area contributed by atoms with Crippen molar-refractivity contribution in [2.75, 3.05) is 21.3 Å². The molecule has 0 spiro atoms. The zero-order chi connectivity index (χ0) is 22.2. The van der Waals surface area contributed by atoms with Gasteiger partial charge in [0.2, 0.25) is 10.0 Å². The van der Waals surface area contributed by atoms with Crippen LogP contribution in [0, 0.1) is 0 Å². The number of halogens is 3. The summed E-state index contributed by atoms with van der Waals surface area (Å²) in [7, 11) is -7.72. The molecule has 164 valence electrons. The van der Waals surface area contributed by atoms with E-state index >= 15 is 0 Å². The van der Waals surface area contributed by atoms with Crippen LogP contribution in [-0.4, -0.2) is 29.1 Å². The van der Waals surface area contributed by atoms with Crippen LogP contribution in [0.4, 0.5) is 24.5 Å². The molecule has 0 aromatic heterocycles. The Hall–Kier alpha value is -2.27. The third-order valence-corrected chi connectivity index (χ3v) is 8.03. The van der Waals surface area contributed by atoms with E-state index in [1.165, 1.54) is 22.5 Å². The van der Waals surface area contributed by atoms with E-state index in [4.69, 9.17) is 0 Å². The van der Waals surface area contributed by atoms with Gasteiger partial charge in [-0.25, -0.2) is 16.8 Å². The number of rotatable bonds is 6. The number of nitrogens with zero attached hydrogens (tertiary/aromatic N) is 1. The predicted molar refractivity (Wildman–Crippen MR) is 108 cm³/mol. The Morgan fingerprint density at radius 3 is 2.47 bits per heavy atom. The molecule has 0 saturated heterocycles. The average molecular weight is 463 g/mol. The zero-order valence-corrected chi connectivity index (χ0v) is 17.7. The van der Waals surface area contributed by atoms with Crippen LogP contribution in [0.1, 0.15) is 30.9 Å². The van der Waals surface area contributed by atoms with Crippen molar-refractivity contribution in [2.45, 2.75) is 37.3 Å². The van der Waals surface area contributed by atoms with Crippen molar-refractivity contribution in [3.8, 4) is 0 Å². The molecule has 0 radical (unpaired) electrons. The quantitative estimate of drug-likeness (QED) is 0.704. The van der Waals surface area contributed by atoms with Crippen LogP contribution in [-0.2, 0) is 32.6 Å². The van der Waals surface area contributed by atoms with Crippen molar-refractivity contribution >= 4 is 31.4 Å². The van der Waals surface area contributed by atoms with Crippen molar-refractivity contribution in [3.63, 3.8) is 0 Å². The molecule has 11 heteroatoms. The van der Waals surface area contributed by atoms with Gasteiger partial charge in [-0.1, -0.05) is 13.0 Å². The van der Waals surface area contributed by atoms with E-state index in [0.717, 1.165) is 18.2 Å². The Labute approximate surface area is 173 Å². The summed E-state index contributed by atoms with van der Waals surface area (Å²) in [6.07, 6.45) is -3.04. The fourth-order valence-electron chi connectivity index (χ4n) is 3.34. The van der Waals surface area contributed by atoms with Gasteiger partial charge >= 0.3 is 6.18 Å². The van der Waals surface area contributed by atoms with E-state index in [-0.39, 0.29) is 11.4 Å². The minimum Gasteiger partial charge on any atom is -0.280 e. The lowest BCUT2D eigenvalue weighted by Gasteiger charge is -2.30. The van der Waals surface area contributed by atoms with Crippen LogP contribution in [0.3, 0.4) is 0 Å². The van der Waals surface area contributed by atoms with Crippen molar-refractivity contribution in [1.82, 2.24) is 0 Å². The summed E-state index contributed by atoms with van der Waals surface area (Å²) in [5, 5.41) is 0. The van der Waals surface area contributed by atoms with Gasteiger partial charge in [-0.05, 0) is 61.2 Å². The van der Waals surface area contributed by atoms with Gasteiger partial charge in [-0.3, -0.25) is 9.03 Å². The molecule has 0 saturated carbocycles. The highest BCUT2D eigenvalue weighted by atomic mass is 32.2. The number of sulfonamides is 2. The topological polar surface area (TPSA) is 83.6 Å². The van der Waals surface area contributed by atoms with Crippen molar-refractivity contribution in [1.29, 1.82) is 0 Å². The first-order valence-electron chi connectivity index (χ1n) is 9.27. The first-order valence-corrected chi connectivity index (χ1v) is 12.4. The maximum atomic E-state index is 12.9. The van der Waals surface area contributed by atoms with Crippen LogP contribution < -0.4 is 9.03 Å². The van der Waals surface area contributed by atoms with Gasteiger partial charge in [0.15, 0.2) is 0 Å². The van der Waals surface area contributed by atoms with E-state index in [0.29, 0.717) is 43.1 Å². The summed E-state index contributed by atoms with van der Waals surface area (Å²) in [6.45, 7) is 2.12. The van der Waals surface area contributed by atoms with Gasteiger partial charge < -0.3 is 0 Å². The molecule has 0 fully saturated rings. The average Bonchev–Trinajstić information content (AvgIpc) is 2.66. The third kappa shape index (κ3) is 4.72. The predicted octanol–water partition coefficient (Wildman–Crippen LogP) is 4.00. The zero-order valence-electron chi connectivity index (χ0n) is 16.1. The van der Waals surface area contributed by atoms with Gasteiger partial charge in [0, 0.05) is 12.2 Å². The van der Waals surface area contributed by atoms with Gasteiger partial charge in [-0.2, -0.15) is 13.2 Å². The van der Waals surface area contributed by atoms with E-state index in [1.54, 1.807) is 6.92 Å². The highest BCUT2D eigenvalue weighted by Crippen LogP contribution is 2.34. The van der Waals surface area contributed by atoms with Gasteiger partial charge in [0.05, 0.1) is 21.9 Å². The fraction of sp³-hybridized carbons (Fsp3) is 0.368. The lowest BCUT2D eigenvalue weighted by molar-refractivity contribution is -0.137. The van der Waals surface area contributed by atoms with Gasteiger partial charge in [0.25, 0.3) is 10.0 Å². The number of fused-ring (bicyclic) bond motifs is 1. The highest BCUT2D eigenvalue weighted by Gasteiger charge is 2.32. The Morgan fingerprint density at radius 1 is 1.07 bits per heavy atom. The van der Waals surface area contributed by atoms with E-state index in [9.17, 15) is 30.0 Å². The second kappa shape index (κ2) is 8.10. The molecule has 1 aliphatic heterocycles. The Morgan fingerprint density at radius 2 is 1.80 bits per heavy atom. The second-order valence-corrected chi connectivity index (χ2v) is 10.7. The summed E-state index contributed by atoms with van der Waals surface area (Å²) >= 11 is 0. The second-order valence-electron chi connectivity index (χ2n) is 6.97. The minimum atomic E-state index is -4.66. The lowest BCUT2D eigenvalue weighted by atomic mass is 10.0.